The van der Waals surface area contributed by atoms with Gasteiger partial charge < -0.3 is 15.0 Å². The fraction of sp³-hybridized carbons (Fsp3) is 0.471. The van der Waals surface area contributed by atoms with E-state index in [0.717, 1.165) is 24.4 Å². The Kier molecular flexibility index (Phi) is 4.36. The van der Waals surface area contributed by atoms with Crippen molar-refractivity contribution in [1.82, 2.24) is 10.3 Å². The zero-order valence-electron chi connectivity index (χ0n) is 12.8. The summed E-state index contributed by atoms with van der Waals surface area (Å²) in [6.45, 7) is 2.47. The molecule has 21 heavy (non-hydrogen) atoms. The summed E-state index contributed by atoms with van der Waals surface area (Å²) in [5.74, 6) is 1.01. The number of fused-ring (bicyclic) bond motifs is 1. The Labute approximate surface area is 126 Å². The second-order valence-electron chi connectivity index (χ2n) is 5.73. The Morgan fingerprint density at radius 2 is 2.14 bits per heavy atom. The van der Waals surface area contributed by atoms with Gasteiger partial charge in [-0.1, -0.05) is 18.2 Å². The molecule has 0 unspecified atom stereocenters. The normalized spacial score (nSPS) is 14.6. The topological polar surface area (TPSA) is 37.4 Å². The average Bonchev–Trinajstić information content (AvgIpc) is 3.34. The molecule has 4 heteroatoms. The molecule has 1 aromatic heterocycles. The second-order valence-corrected chi connectivity index (χ2v) is 5.73. The van der Waals surface area contributed by atoms with Crippen molar-refractivity contribution in [2.24, 2.45) is 0 Å². The standard InChI is InChI=1S/C17H23N3O/c1-20(9-10-21-2)17-11-13(12-18-14-7-8-14)15-5-3-4-6-16(15)19-17/h3-6,11,14,18H,7-10,12H2,1-2H3. The summed E-state index contributed by atoms with van der Waals surface area (Å²) in [6, 6.07) is 11.3. The van der Waals surface area contributed by atoms with Gasteiger partial charge in [0.2, 0.25) is 0 Å². The Balaban J connectivity index is 1.89. The third-order valence-corrected chi connectivity index (χ3v) is 3.97. The van der Waals surface area contributed by atoms with E-state index in [2.05, 4.69) is 41.5 Å². The van der Waals surface area contributed by atoms with E-state index in [-0.39, 0.29) is 0 Å². The second kappa shape index (κ2) is 6.41. The quantitative estimate of drug-likeness (QED) is 0.848. The number of aromatic nitrogens is 1. The van der Waals surface area contributed by atoms with Crippen molar-refractivity contribution in [3.05, 3.63) is 35.9 Å². The van der Waals surface area contributed by atoms with E-state index < -0.39 is 0 Å². The van der Waals surface area contributed by atoms with Crippen LogP contribution in [0.15, 0.2) is 30.3 Å². The Hall–Kier alpha value is -1.65. The number of methoxy groups -OCH3 is 1. The monoisotopic (exact) mass is 285 g/mol. The van der Waals surface area contributed by atoms with Crippen LogP contribution in [-0.2, 0) is 11.3 Å². The third kappa shape index (κ3) is 3.52. The summed E-state index contributed by atoms with van der Waals surface area (Å²) in [5.41, 5.74) is 2.39. The predicted molar refractivity (Wildman–Crippen MR) is 86.8 cm³/mol. The molecule has 1 aliphatic rings. The highest BCUT2D eigenvalue weighted by Crippen LogP contribution is 2.24. The van der Waals surface area contributed by atoms with Gasteiger partial charge in [0.1, 0.15) is 5.82 Å². The maximum absolute atomic E-state index is 5.16. The lowest BCUT2D eigenvalue weighted by Crippen LogP contribution is -2.23. The molecule has 0 saturated heterocycles. The van der Waals surface area contributed by atoms with Gasteiger partial charge in [-0.15, -0.1) is 0 Å². The maximum Gasteiger partial charge on any atom is 0.129 e. The van der Waals surface area contributed by atoms with Crippen LogP contribution in [0.2, 0.25) is 0 Å². The number of nitrogens with one attached hydrogen (secondary N) is 1. The molecule has 4 nitrogen and oxygen atoms in total. The van der Waals surface area contributed by atoms with Crippen molar-refractivity contribution in [2.75, 3.05) is 32.2 Å². The van der Waals surface area contributed by atoms with Crippen molar-refractivity contribution >= 4 is 16.7 Å². The lowest BCUT2D eigenvalue weighted by Gasteiger charge is -2.20. The van der Waals surface area contributed by atoms with Gasteiger partial charge in [0.15, 0.2) is 0 Å². The fourth-order valence-electron chi connectivity index (χ4n) is 2.46. The van der Waals surface area contributed by atoms with Crippen molar-refractivity contribution in [3.63, 3.8) is 0 Å². The third-order valence-electron chi connectivity index (χ3n) is 3.97. The molecule has 3 rings (SSSR count). The molecule has 0 aliphatic heterocycles. The lowest BCUT2D eigenvalue weighted by atomic mass is 10.1. The van der Waals surface area contributed by atoms with Crippen LogP contribution >= 0.6 is 0 Å². The maximum atomic E-state index is 5.16. The summed E-state index contributed by atoms with van der Waals surface area (Å²) < 4.78 is 5.16. The highest BCUT2D eigenvalue weighted by atomic mass is 16.5. The van der Waals surface area contributed by atoms with Gasteiger partial charge in [0.25, 0.3) is 0 Å². The number of benzene rings is 1. The van der Waals surface area contributed by atoms with E-state index in [4.69, 9.17) is 9.72 Å². The Bertz CT molecular complexity index is 610. The van der Waals surface area contributed by atoms with Crippen LogP contribution in [0, 0.1) is 0 Å². The Morgan fingerprint density at radius 3 is 2.90 bits per heavy atom. The largest absolute Gasteiger partial charge is 0.383 e. The number of rotatable bonds is 7. The molecule has 0 spiro atoms. The van der Waals surface area contributed by atoms with Crippen LogP contribution in [0.4, 0.5) is 5.82 Å². The SMILES string of the molecule is COCCN(C)c1cc(CNC2CC2)c2ccccc2n1. The van der Waals surface area contributed by atoms with Gasteiger partial charge in [-0.2, -0.15) is 0 Å². The van der Waals surface area contributed by atoms with E-state index in [1.54, 1.807) is 7.11 Å². The zero-order valence-corrected chi connectivity index (χ0v) is 12.8. The summed E-state index contributed by atoms with van der Waals surface area (Å²) in [7, 11) is 3.79. The van der Waals surface area contributed by atoms with E-state index in [1.165, 1.54) is 23.8 Å². The number of nitrogens with zero attached hydrogens (tertiary/aromatic N) is 2. The number of ether oxygens (including phenoxy) is 1. The molecule has 0 amide bonds. The molecule has 1 aliphatic carbocycles. The number of anilines is 1. The molecule has 1 fully saturated rings. The minimum absolute atomic E-state index is 0.709. The first-order valence-electron chi connectivity index (χ1n) is 7.60. The summed E-state index contributed by atoms with van der Waals surface area (Å²) >= 11 is 0. The van der Waals surface area contributed by atoms with Crippen molar-refractivity contribution in [3.8, 4) is 0 Å². The van der Waals surface area contributed by atoms with Crippen molar-refractivity contribution in [2.45, 2.75) is 25.4 Å². The van der Waals surface area contributed by atoms with Gasteiger partial charge >= 0.3 is 0 Å². The van der Waals surface area contributed by atoms with Crippen LogP contribution in [0.3, 0.4) is 0 Å². The zero-order chi connectivity index (χ0) is 14.7. The van der Waals surface area contributed by atoms with Crippen molar-refractivity contribution < 1.29 is 4.74 Å². The molecule has 0 radical (unpaired) electrons. The predicted octanol–water partition coefficient (Wildman–Crippen LogP) is 2.57. The molecule has 2 aromatic rings. The first kappa shape index (κ1) is 14.3. The number of pyridine rings is 1. The number of para-hydroxylation sites is 1. The van der Waals surface area contributed by atoms with Gasteiger partial charge in [-0.25, -0.2) is 4.98 Å². The summed E-state index contributed by atoms with van der Waals surface area (Å²) in [6.07, 6.45) is 2.62. The van der Waals surface area contributed by atoms with Gasteiger partial charge in [-0.3, -0.25) is 0 Å². The first-order valence-corrected chi connectivity index (χ1v) is 7.60. The molecule has 1 heterocycles. The van der Waals surface area contributed by atoms with Crippen LogP contribution in [0.1, 0.15) is 18.4 Å². The molecule has 0 bridgehead atoms. The fourth-order valence-corrected chi connectivity index (χ4v) is 2.46. The van der Waals surface area contributed by atoms with Crippen LogP contribution in [0.25, 0.3) is 10.9 Å². The van der Waals surface area contributed by atoms with Crippen molar-refractivity contribution in [1.29, 1.82) is 0 Å². The van der Waals surface area contributed by atoms with E-state index in [9.17, 15) is 0 Å². The molecular weight excluding hydrogens is 262 g/mol. The average molecular weight is 285 g/mol. The first-order chi connectivity index (χ1) is 10.3. The summed E-state index contributed by atoms with van der Waals surface area (Å²) in [4.78, 5) is 6.92. The number of likely N-dealkylation sites (N-methyl/N-ethyl adjacent to an activating group) is 1. The molecule has 1 saturated carbocycles. The van der Waals surface area contributed by atoms with Crippen LogP contribution in [-0.4, -0.2) is 38.3 Å². The van der Waals surface area contributed by atoms with E-state index >= 15 is 0 Å². The highest BCUT2D eigenvalue weighted by molar-refractivity contribution is 5.84. The van der Waals surface area contributed by atoms with Gasteiger partial charge in [0.05, 0.1) is 12.1 Å². The molecule has 0 atom stereocenters. The Morgan fingerprint density at radius 1 is 1.33 bits per heavy atom. The molecule has 1 N–H and O–H groups in total. The van der Waals surface area contributed by atoms with Gasteiger partial charge in [-0.05, 0) is 30.5 Å². The minimum Gasteiger partial charge on any atom is -0.383 e. The van der Waals surface area contributed by atoms with E-state index in [0.29, 0.717) is 12.6 Å². The minimum atomic E-state index is 0.709. The van der Waals surface area contributed by atoms with Gasteiger partial charge in [0, 0.05) is 38.7 Å². The molecular formula is C17H23N3O. The molecule has 1 aromatic carbocycles. The highest BCUT2D eigenvalue weighted by Gasteiger charge is 2.20. The van der Waals surface area contributed by atoms with Crippen LogP contribution < -0.4 is 10.2 Å². The summed E-state index contributed by atoms with van der Waals surface area (Å²) in [5, 5.41) is 4.85. The number of hydrogen-bond donors (Lipinski definition) is 1. The number of hydrogen-bond acceptors (Lipinski definition) is 4. The lowest BCUT2D eigenvalue weighted by molar-refractivity contribution is 0.206. The van der Waals surface area contributed by atoms with Crippen LogP contribution in [0.5, 0.6) is 0 Å². The van der Waals surface area contributed by atoms with E-state index in [1.807, 2.05) is 6.07 Å². The molecule has 112 valence electrons. The smallest absolute Gasteiger partial charge is 0.129 e.